The van der Waals surface area contributed by atoms with Crippen LogP contribution in [0.2, 0.25) is 0 Å². The SMILES string of the molecule is COc1ccc(-c2nc3cc(C)ccn3c2NC(=O)C(Cl)c2ccccc2)cc1. The Bertz CT molecular complexity index is 1150. The molecule has 5 nitrogen and oxygen atoms in total. The van der Waals surface area contributed by atoms with E-state index < -0.39 is 5.38 Å². The molecule has 0 aliphatic heterocycles. The molecule has 0 aliphatic rings. The number of alkyl halides is 1. The number of nitrogens with zero attached hydrogens (tertiary/aromatic N) is 2. The van der Waals surface area contributed by atoms with Crippen molar-refractivity contribution in [2.45, 2.75) is 12.3 Å². The highest BCUT2D eigenvalue weighted by molar-refractivity contribution is 6.32. The van der Waals surface area contributed by atoms with E-state index in [0.29, 0.717) is 11.5 Å². The average molecular weight is 406 g/mol. The van der Waals surface area contributed by atoms with Gasteiger partial charge in [0.25, 0.3) is 0 Å². The number of anilines is 1. The van der Waals surface area contributed by atoms with Crippen LogP contribution in [0.3, 0.4) is 0 Å². The molecule has 0 saturated carbocycles. The fourth-order valence-corrected chi connectivity index (χ4v) is 3.37. The molecule has 1 atom stereocenters. The predicted molar refractivity (Wildman–Crippen MR) is 116 cm³/mol. The topological polar surface area (TPSA) is 55.6 Å². The predicted octanol–water partition coefficient (Wildman–Crippen LogP) is 5.24. The van der Waals surface area contributed by atoms with Crippen molar-refractivity contribution in [1.29, 1.82) is 0 Å². The Morgan fingerprint density at radius 2 is 1.83 bits per heavy atom. The summed E-state index contributed by atoms with van der Waals surface area (Å²) in [5.41, 5.74) is 4.11. The summed E-state index contributed by atoms with van der Waals surface area (Å²) in [7, 11) is 1.62. The Labute approximate surface area is 173 Å². The second kappa shape index (κ2) is 7.97. The third-order valence-electron chi connectivity index (χ3n) is 4.71. The number of pyridine rings is 1. The lowest BCUT2D eigenvalue weighted by Gasteiger charge is -2.12. The smallest absolute Gasteiger partial charge is 0.248 e. The van der Waals surface area contributed by atoms with Crippen LogP contribution in [0.5, 0.6) is 5.75 Å². The molecule has 0 fully saturated rings. The largest absolute Gasteiger partial charge is 0.497 e. The summed E-state index contributed by atoms with van der Waals surface area (Å²) in [6.45, 7) is 2.00. The van der Waals surface area contributed by atoms with Crippen molar-refractivity contribution in [3.8, 4) is 17.0 Å². The number of amides is 1. The number of rotatable bonds is 5. The molecule has 0 saturated heterocycles. The molecule has 4 rings (SSSR count). The number of benzene rings is 2. The van der Waals surface area contributed by atoms with Gasteiger partial charge in [-0.3, -0.25) is 9.20 Å². The zero-order valence-corrected chi connectivity index (χ0v) is 16.9. The molecular weight excluding hydrogens is 386 g/mol. The molecule has 1 amide bonds. The number of aryl methyl sites for hydroxylation is 1. The quantitative estimate of drug-likeness (QED) is 0.462. The van der Waals surface area contributed by atoms with E-state index in [1.165, 1.54) is 0 Å². The summed E-state index contributed by atoms with van der Waals surface area (Å²) in [6.07, 6.45) is 1.89. The molecule has 2 aromatic carbocycles. The van der Waals surface area contributed by atoms with Gasteiger partial charge in [-0.2, -0.15) is 0 Å². The second-order valence-electron chi connectivity index (χ2n) is 6.73. The monoisotopic (exact) mass is 405 g/mol. The number of hydrogen-bond donors (Lipinski definition) is 1. The Hall–Kier alpha value is -3.31. The molecule has 1 N–H and O–H groups in total. The number of imidazole rings is 1. The molecule has 4 aromatic rings. The minimum absolute atomic E-state index is 0.310. The fraction of sp³-hybridized carbons (Fsp3) is 0.130. The molecular formula is C23H20ClN3O2. The van der Waals surface area contributed by atoms with E-state index in [1.807, 2.05) is 84.3 Å². The van der Waals surface area contributed by atoms with Crippen molar-refractivity contribution in [2.24, 2.45) is 0 Å². The highest BCUT2D eigenvalue weighted by Gasteiger charge is 2.22. The highest BCUT2D eigenvalue weighted by Crippen LogP contribution is 2.32. The number of methoxy groups -OCH3 is 1. The van der Waals surface area contributed by atoms with Gasteiger partial charge in [-0.05, 0) is 54.4 Å². The van der Waals surface area contributed by atoms with Crippen molar-refractivity contribution >= 4 is 29.0 Å². The summed E-state index contributed by atoms with van der Waals surface area (Å²) in [5, 5.41) is 2.17. The summed E-state index contributed by atoms with van der Waals surface area (Å²) in [4.78, 5) is 17.6. The number of ether oxygens (including phenoxy) is 1. The lowest BCUT2D eigenvalue weighted by atomic mass is 10.1. The number of carbonyl (C=O) groups is 1. The van der Waals surface area contributed by atoms with Gasteiger partial charge >= 0.3 is 0 Å². The van der Waals surface area contributed by atoms with Crippen molar-refractivity contribution in [3.05, 3.63) is 84.1 Å². The van der Waals surface area contributed by atoms with Crippen molar-refractivity contribution in [2.75, 3.05) is 12.4 Å². The zero-order valence-electron chi connectivity index (χ0n) is 16.1. The Kier molecular flexibility index (Phi) is 5.23. The summed E-state index contributed by atoms with van der Waals surface area (Å²) in [5.74, 6) is 1.02. The van der Waals surface area contributed by atoms with Crippen LogP contribution in [-0.2, 0) is 4.79 Å². The van der Waals surface area contributed by atoms with Gasteiger partial charge in [0.1, 0.15) is 28.3 Å². The molecule has 6 heteroatoms. The number of aromatic nitrogens is 2. The van der Waals surface area contributed by atoms with Crippen LogP contribution in [0.25, 0.3) is 16.9 Å². The van der Waals surface area contributed by atoms with E-state index in [4.69, 9.17) is 21.3 Å². The molecule has 0 bridgehead atoms. The minimum Gasteiger partial charge on any atom is -0.497 e. The molecule has 1 unspecified atom stereocenters. The molecule has 0 aliphatic carbocycles. The van der Waals surface area contributed by atoms with Gasteiger partial charge in [0, 0.05) is 11.8 Å². The van der Waals surface area contributed by atoms with E-state index in [1.54, 1.807) is 7.11 Å². The molecule has 29 heavy (non-hydrogen) atoms. The molecule has 2 heterocycles. The highest BCUT2D eigenvalue weighted by atomic mass is 35.5. The Morgan fingerprint density at radius 3 is 2.52 bits per heavy atom. The van der Waals surface area contributed by atoms with Crippen molar-refractivity contribution in [1.82, 2.24) is 9.38 Å². The maximum absolute atomic E-state index is 12.9. The number of nitrogens with one attached hydrogen (secondary N) is 1. The molecule has 146 valence electrons. The normalized spacial score (nSPS) is 12.0. The number of hydrogen-bond acceptors (Lipinski definition) is 3. The Morgan fingerprint density at radius 1 is 1.10 bits per heavy atom. The van der Waals surface area contributed by atoms with Gasteiger partial charge in [0.2, 0.25) is 5.91 Å². The maximum atomic E-state index is 12.9. The standard InChI is InChI=1S/C23H20ClN3O2/c1-15-12-13-27-19(14-15)25-21(17-8-10-18(29-2)11-9-17)22(27)26-23(28)20(24)16-6-4-3-5-7-16/h3-14,20H,1-2H3,(H,26,28). The van der Waals surface area contributed by atoms with E-state index in [-0.39, 0.29) is 5.91 Å². The van der Waals surface area contributed by atoms with Crippen LogP contribution in [0.4, 0.5) is 5.82 Å². The first kappa shape index (κ1) is 19.0. The maximum Gasteiger partial charge on any atom is 0.248 e. The van der Waals surface area contributed by atoms with E-state index in [2.05, 4.69) is 5.32 Å². The minimum atomic E-state index is -0.809. The molecule has 0 spiro atoms. The molecule has 0 radical (unpaired) electrons. The van der Waals surface area contributed by atoms with E-state index in [0.717, 1.165) is 28.1 Å². The third-order valence-corrected chi connectivity index (χ3v) is 5.16. The first-order chi connectivity index (χ1) is 14.1. The van der Waals surface area contributed by atoms with E-state index >= 15 is 0 Å². The van der Waals surface area contributed by atoms with Crippen LogP contribution in [-0.4, -0.2) is 22.4 Å². The van der Waals surface area contributed by atoms with Crippen molar-refractivity contribution < 1.29 is 9.53 Å². The zero-order chi connectivity index (χ0) is 20.4. The number of halogens is 1. The van der Waals surface area contributed by atoms with Crippen LogP contribution in [0, 0.1) is 6.92 Å². The lowest BCUT2D eigenvalue weighted by Crippen LogP contribution is -2.18. The van der Waals surface area contributed by atoms with Crippen LogP contribution >= 0.6 is 11.6 Å². The lowest BCUT2D eigenvalue weighted by molar-refractivity contribution is -0.116. The van der Waals surface area contributed by atoms with Gasteiger partial charge in [0.15, 0.2) is 0 Å². The van der Waals surface area contributed by atoms with Gasteiger partial charge in [-0.1, -0.05) is 30.3 Å². The first-order valence-electron chi connectivity index (χ1n) is 9.20. The average Bonchev–Trinajstić information content (AvgIpc) is 3.11. The summed E-state index contributed by atoms with van der Waals surface area (Å²) < 4.78 is 7.10. The second-order valence-corrected chi connectivity index (χ2v) is 7.17. The molecule has 2 aromatic heterocycles. The van der Waals surface area contributed by atoms with Crippen LogP contribution in [0.1, 0.15) is 16.5 Å². The number of fused-ring (bicyclic) bond motifs is 1. The number of carbonyl (C=O) groups excluding carboxylic acids is 1. The van der Waals surface area contributed by atoms with Gasteiger partial charge < -0.3 is 10.1 Å². The summed E-state index contributed by atoms with van der Waals surface area (Å²) in [6, 6.07) is 20.8. The van der Waals surface area contributed by atoms with Gasteiger partial charge in [0.05, 0.1) is 7.11 Å². The van der Waals surface area contributed by atoms with Crippen LogP contribution in [0.15, 0.2) is 72.9 Å². The van der Waals surface area contributed by atoms with Crippen LogP contribution < -0.4 is 10.1 Å². The third kappa shape index (κ3) is 3.82. The van der Waals surface area contributed by atoms with Gasteiger partial charge in [-0.25, -0.2) is 4.98 Å². The van der Waals surface area contributed by atoms with Crippen molar-refractivity contribution in [3.63, 3.8) is 0 Å². The first-order valence-corrected chi connectivity index (χ1v) is 9.63. The fourth-order valence-electron chi connectivity index (χ4n) is 3.17. The Balaban J connectivity index is 1.76. The van der Waals surface area contributed by atoms with Gasteiger partial charge in [-0.15, -0.1) is 11.6 Å². The summed E-state index contributed by atoms with van der Waals surface area (Å²) >= 11 is 6.43. The van der Waals surface area contributed by atoms with E-state index in [9.17, 15) is 4.79 Å².